The van der Waals surface area contributed by atoms with Gasteiger partial charge in [0.25, 0.3) is 11.4 Å². The fraction of sp³-hybridized carbons (Fsp3) is 0.500. The summed E-state index contributed by atoms with van der Waals surface area (Å²) in [7, 11) is 3.42. The van der Waals surface area contributed by atoms with Gasteiger partial charge in [-0.15, -0.1) is 5.10 Å². The highest BCUT2D eigenvalue weighted by Gasteiger charge is 2.56. The first kappa shape index (κ1) is 21.0. The molecular weight excluding hydrogens is 434 g/mol. The molecule has 2 aliphatic carbocycles. The van der Waals surface area contributed by atoms with E-state index in [1.807, 2.05) is 28.9 Å². The second-order valence-corrected chi connectivity index (χ2v) is 9.72. The van der Waals surface area contributed by atoms with Crippen molar-refractivity contribution in [2.24, 2.45) is 24.8 Å². The Kier molecular flexibility index (Phi) is 4.79. The molecule has 34 heavy (non-hydrogen) atoms. The molecule has 0 radical (unpaired) electrons. The number of aryl methyl sites for hydroxylation is 1. The van der Waals surface area contributed by atoms with Crippen LogP contribution in [0, 0.1) is 17.8 Å². The zero-order chi connectivity index (χ0) is 23.6. The van der Waals surface area contributed by atoms with Crippen LogP contribution >= 0.6 is 0 Å². The van der Waals surface area contributed by atoms with Gasteiger partial charge in [-0.05, 0) is 43.1 Å². The van der Waals surface area contributed by atoms with Gasteiger partial charge in [-0.2, -0.15) is 0 Å². The third-order valence-corrected chi connectivity index (χ3v) is 7.79. The maximum Gasteiger partial charge on any atom is 0.276 e. The van der Waals surface area contributed by atoms with Crippen molar-refractivity contribution in [3.63, 3.8) is 0 Å². The van der Waals surface area contributed by atoms with E-state index in [4.69, 9.17) is 4.74 Å². The SMILES string of the molecule is C=CC(=O)N1CC2C(C1)C2Cn1cc(Nc2cn(C)nc2OC)c2ncn(C3CCC3)c2c1=O. The van der Waals surface area contributed by atoms with Crippen molar-refractivity contribution in [1.29, 1.82) is 0 Å². The Bertz CT molecular complexity index is 1340. The van der Waals surface area contributed by atoms with Crippen molar-refractivity contribution >= 4 is 28.3 Å². The number of carbonyl (C=O) groups excluding carboxylic acids is 1. The molecule has 2 saturated carbocycles. The van der Waals surface area contributed by atoms with Gasteiger partial charge in [-0.25, -0.2) is 4.98 Å². The number of likely N-dealkylation sites (tertiary alicyclic amines) is 1. The topological polar surface area (TPSA) is 99.2 Å². The molecule has 0 spiro atoms. The Labute approximate surface area is 196 Å². The second kappa shape index (κ2) is 7.75. The Morgan fingerprint density at radius 2 is 2.03 bits per heavy atom. The average Bonchev–Trinajstić information content (AvgIpc) is 3.21. The third kappa shape index (κ3) is 3.23. The van der Waals surface area contributed by atoms with Gasteiger partial charge < -0.3 is 24.1 Å². The van der Waals surface area contributed by atoms with Crippen LogP contribution in [-0.4, -0.2) is 54.9 Å². The number of ether oxygens (including phenoxy) is 1. The van der Waals surface area contributed by atoms with Crippen LogP contribution in [0.15, 0.2) is 36.2 Å². The van der Waals surface area contributed by atoms with E-state index < -0.39 is 0 Å². The van der Waals surface area contributed by atoms with Gasteiger partial charge in [0.15, 0.2) is 0 Å². The minimum absolute atomic E-state index is 0.00732. The van der Waals surface area contributed by atoms with Crippen LogP contribution in [0.2, 0.25) is 0 Å². The minimum atomic E-state index is -0.00848. The maximum atomic E-state index is 13.6. The van der Waals surface area contributed by atoms with Crippen LogP contribution in [0.1, 0.15) is 25.3 Å². The van der Waals surface area contributed by atoms with Crippen molar-refractivity contribution in [3.8, 4) is 5.88 Å². The number of amides is 1. The van der Waals surface area contributed by atoms with Crippen LogP contribution in [0.4, 0.5) is 11.4 Å². The highest BCUT2D eigenvalue weighted by Crippen LogP contribution is 2.52. The summed E-state index contributed by atoms with van der Waals surface area (Å²) in [5, 5.41) is 7.73. The third-order valence-electron chi connectivity index (χ3n) is 7.79. The lowest BCUT2D eigenvalue weighted by Crippen LogP contribution is -2.31. The molecule has 6 rings (SSSR count). The van der Waals surface area contributed by atoms with Crippen LogP contribution in [0.25, 0.3) is 11.0 Å². The molecule has 2 atom stereocenters. The molecule has 2 unspecified atom stereocenters. The fourth-order valence-corrected chi connectivity index (χ4v) is 5.66. The van der Waals surface area contributed by atoms with E-state index in [1.54, 1.807) is 18.1 Å². The van der Waals surface area contributed by atoms with Gasteiger partial charge in [0.05, 0.1) is 25.3 Å². The lowest BCUT2D eigenvalue weighted by Gasteiger charge is -2.27. The molecule has 3 fully saturated rings. The number of aromatic nitrogens is 5. The van der Waals surface area contributed by atoms with Crippen LogP contribution in [0.5, 0.6) is 5.88 Å². The Hall–Kier alpha value is -3.56. The number of imidazole rings is 1. The standard InChI is InChI=1S/C24H29N7O3/c1-4-20(32)29-8-15-16(9-29)17(15)10-30-12-18(26-19-11-28(2)27-23(19)34-3)21-22(24(30)33)31(13-25-21)14-6-5-7-14/h4,11-17,26H,1,5-10H2,2-3H3. The molecular formula is C24H29N7O3. The van der Waals surface area contributed by atoms with Crippen LogP contribution < -0.4 is 15.6 Å². The first-order valence-corrected chi connectivity index (χ1v) is 11.8. The highest BCUT2D eigenvalue weighted by atomic mass is 16.5. The number of nitrogens with one attached hydrogen (secondary N) is 1. The number of methoxy groups -OCH3 is 1. The fourth-order valence-electron chi connectivity index (χ4n) is 5.66. The monoisotopic (exact) mass is 463 g/mol. The minimum Gasteiger partial charge on any atom is -0.478 e. The molecule has 10 heteroatoms. The highest BCUT2D eigenvalue weighted by molar-refractivity contribution is 5.90. The Morgan fingerprint density at radius 3 is 2.68 bits per heavy atom. The van der Waals surface area contributed by atoms with Gasteiger partial charge in [0.2, 0.25) is 5.91 Å². The van der Waals surface area contributed by atoms with E-state index >= 15 is 0 Å². The number of fused-ring (bicyclic) bond motifs is 2. The molecule has 0 bridgehead atoms. The normalized spacial score (nSPS) is 23.6. The summed E-state index contributed by atoms with van der Waals surface area (Å²) in [5.41, 5.74) is 2.78. The average molecular weight is 464 g/mol. The van der Waals surface area contributed by atoms with E-state index in [-0.39, 0.29) is 11.5 Å². The zero-order valence-corrected chi connectivity index (χ0v) is 19.5. The number of carbonyl (C=O) groups is 1. The molecule has 1 aliphatic heterocycles. The van der Waals surface area contributed by atoms with Gasteiger partial charge in [0, 0.05) is 38.9 Å². The van der Waals surface area contributed by atoms with Crippen molar-refractivity contribution in [2.45, 2.75) is 31.8 Å². The summed E-state index contributed by atoms with van der Waals surface area (Å²) < 4.78 is 11.0. The number of hydrogen-bond donors (Lipinski definition) is 1. The summed E-state index contributed by atoms with van der Waals surface area (Å²) in [6, 6.07) is 0.327. The predicted octanol–water partition coefficient (Wildman–Crippen LogP) is 2.30. The van der Waals surface area contributed by atoms with Crippen LogP contribution in [0.3, 0.4) is 0 Å². The van der Waals surface area contributed by atoms with E-state index in [0.717, 1.165) is 37.3 Å². The van der Waals surface area contributed by atoms with Crippen molar-refractivity contribution in [3.05, 3.63) is 41.7 Å². The molecule has 3 aromatic heterocycles. The summed E-state index contributed by atoms with van der Waals surface area (Å²) in [5.74, 6) is 1.75. The van der Waals surface area contributed by atoms with E-state index in [9.17, 15) is 9.59 Å². The number of piperidine rings is 1. The Morgan fingerprint density at radius 1 is 1.26 bits per heavy atom. The summed E-state index contributed by atoms with van der Waals surface area (Å²) in [4.78, 5) is 32.1. The summed E-state index contributed by atoms with van der Waals surface area (Å²) in [6.07, 6.45) is 10.2. The number of nitrogens with zero attached hydrogens (tertiary/aromatic N) is 6. The van der Waals surface area contributed by atoms with E-state index in [2.05, 4.69) is 26.5 Å². The molecule has 0 aromatic carbocycles. The molecule has 3 aromatic rings. The quantitative estimate of drug-likeness (QED) is 0.540. The molecule has 4 heterocycles. The zero-order valence-electron chi connectivity index (χ0n) is 19.5. The van der Waals surface area contributed by atoms with E-state index in [0.29, 0.717) is 47.3 Å². The molecule has 3 aliphatic rings. The molecule has 1 amide bonds. The van der Waals surface area contributed by atoms with Gasteiger partial charge in [-0.3, -0.25) is 14.3 Å². The molecule has 1 N–H and O–H groups in total. The maximum absolute atomic E-state index is 13.6. The van der Waals surface area contributed by atoms with Crippen molar-refractivity contribution in [2.75, 3.05) is 25.5 Å². The first-order valence-electron chi connectivity index (χ1n) is 11.8. The number of rotatable bonds is 7. The Balaban J connectivity index is 1.35. The number of hydrogen-bond acceptors (Lipinski definition) is 6. The number of anilines is 2. The lowest BCUT2D eigenvalue weighted by atomic mass is 9.93. The smallest absolute Gasteiger partial charge is 0.276 e. The van der Waals surface area contributed by atoms with Crippen molar-refractivity contribution < 1.29 is 9.53 Å². The van der Waals surface area contributed by atoms with Crippen LogP contribution in [-0.2, 0) is 18.4 Å². The molecule has 1 saturated heterocycles. The molecule has 10 nitrogen and oxygen atoms in total. The largest absolute Gasteiger partial charge is 0.478 e. The van der Waals surface area contributed by atoms with Crippen molar-refractivity contribution in [1.82, 2.24) is 28.8 Å². The number of pyridine rings is 1. The van der Waals surface area contributed by atoms with Gasteiger partial charge in [-0.1, -0.05) is 6.58 Å². The summed E-state index contributed by atoms with van der Waals surface area (Å²) >= 11 is 0. The predicted molar refractivity (Wildman–Crippen MR) is 127 cm³/mol. The second-order valence-electron chi connectivity index (χ2n) is 9.72. The van der Waals surface area contributed by atoms with E-state index in [1.165, 1.54) is 12.5 Å². The van der Waals surface area contributed by atoms with Gasteiger partial charge in [0.1, 0.15) is 16.7 Å². The molecule has 178 valence electrons. The summed E-state index contributed by atoms with van der Waals surface area (Å²) in [6.45, 7) is 5.72. The first-order chi connectivity index (χ1) is 16.5. The lowest BCUT2D eigenvalue weighted by molar-refractivity contribution is -0.125. The van der Waals surface area contributed by atoms with Gasteiger partial charge >= 0.3 is 0 Å².